The van der Waals surface area contributed by atoms with Crippen molar-refractivity contribution in [2.75, 3.05) is 13.1 Å². The quantitative estimate of drug-likeness (QED) is 0.875. The van der Waals surface area contributed by atoms with Gasteiger partial charge in [-0.1, -0.05) is 31.4 Å². The van der Waals surface area contributed by atoms with Crippen LogP contribution in [0.15, 0.2) is 24.3 Å². The Labute approximate surface area is 138 Å². The number of carboxylic acid groups (broad SMARTS) is 1. The second-order valence-electron chi connectivity index (χ2n) is 6.99. The average molecular weight is 316 g/mol. The number of benzene rings is 1. The van der Waals surface area contributed by atoms with E-state index in [2.05, 4.69) is 10.2 Å². The minimum absolute atomic E-state index is 0.356. The Morgan fingerprint density at radius 1 is 1.04 bits per heavy atom. The fourth-order valence-electron chi connectivity index (χ4n) is 3.94. The second-order valence-corrected chi connectivity index (χ2v) is 6.99. The highest BCUT2D eigenvalue weighted by Gasteiger charge is 2.25. The van der Waals surface area contributed by atoms with Crippen LogP contribution in [-0.4, -0.2) is 41.1 Å². The zero-order valence-electron chi connectivity index (χ0n) is 13.8. The molecular formula is C19H28N2O2. The molecule has 0 aromatic heterocycles. The Morgan fingerprint density at radius 3 is 2.30 bits per heavy atom. The first-order valence-electron chi connectivity index (χ1n) is 9.02. The smallest absolute Gasteiger partial charge is 0.335 e. The number of piperidine rings is 1. The standard InChI is InChI=1S/C19H28N2O2/c22-19(23)16-8-6-15(7-9-16)14-20-17-10-12-21(13-11-17)18-4-2-1-3-5-18/h6-9,17-18,20H,1-5,10-14H2,(H,22,23). The molecule has 1 aromatic rings. The molecule has 1 saturated carbocycles. The lowest BCUT2D eigenvalue weighted by Crippen LogP contribution is -2.47. The van der Waals surface area contributed by atoms with Crippen LogP contribution in [0.2, 0.25) is 0 Å². The molecule has 126 valence electrons. The molecule has 1 aliphatic heterocycles. The first-order valence-corrected chi connectivity index (χ1v) is 9.02. The van der Waals surface area contributed by atoms with Crippen LogP contribution in [-0.2, 0) is 6.54 Å². The molecule has 2 fully saturated rings. The molecule has 1 heterocycles. The van der Waals surface area contributed by atoms with Crippen molar-refractivity contribution in [1.82, 2.24) is 10.2 Å². The molecule has 1 aromatic carbocycles. The van der Waals surface area contributed by atoms with Crippen LogP contribution in [0.5, 0.6) is 0 Å². The predicted octanol–water partition coefficient (Wildman–Crippen LogP) is 3.27. The highest BCUT2D eigenvalue weighted by atomic mass is 16.4. The molecule has 23 heavy (non-hydrogen) atoms. The molecular weight excluding hydrogens is 288 g/mol. The summed E-state index contributed by atoms with van der Waals surface area (Å²) in [5.74, 6) is -0.861. The summed E-state index contributed by atoms with van der Waals surface area (Å²) in [6.45, 7) is 3.27. The van der Waals surface area contributed by atoms with E-state index < -0.39 is 5.97 Å². The van der Waals surface area contributed by atoms with E-state index in [1.54, 1.807) is 12.1 Å². The first-order chi connectivity index (χ1) is 11.2. The number of hydrogen-bond donors (Lipinski definition) is 2. The van der Waals surface area contributed by atoms with Crippen LogP contribution in [0, 0.1) is 0 Å². The Morgan fingerprint density at radius 2 is 1.70 bits per heavy atom. The summed E-state index contributed by atoms with van der Waals surface area (Å²) in [4.78, 5) is 13.6. The fourth-order valence-corrected chi connectivity index (χ4v) is 3.94. The maximum Gasteiger partial charge on any atom is 0.335 e. The maximum atomic E-state index is 10.9. The van der Waals surface area contributed by atoms with Crippen molar-refractivity contribution in [3.05, 3.63) is 35.4 Å². The Balaban J connectivity index is 1.41. The number of nitrogens with zero attached hydrogens (tertiary/aromatic N) is 1. The molecule has 0 amide bonds. The highest BCUT2D eigenvalue weighted by molar-refractivity contribution is 5.87. The van der Waals surface area contributed by atoms with Crippen LogP contribution in [0.1, 0.15) is 60.9 Å². The molecule has 0 radical (unpaired) electrons. The van der Waals surface area contributed by atoms with E-state index in [9.17, 15) is 4.79 Å². The number of carbonyl (C=O) groups is 1. The van der Waals surface area contributed by atoms with Crippen molar-refractivity contribution >= 4 is 5.97 Å². The lowest BCUT2D eigenvalue weighted by atomic mass is 9.92. The zero-order chi connectivity index (χ0) is 16.1. The topological polar surface area (TPSA) is 52.6 Å². The van der Waals surface area contributed by atoms with Gasteiger partial charge in [0.15, 0.2) is 0 Å². The van der Waals surface area contributed by atoms with Gasteiger partial charge in [-0.3, -0.25) is 0 Å². The van der Waals surface area contributed by atoms with Crippen LogP contribution >= 0.6 is 0 Å². The summed E-state index contributed by atoms with van der Waals surface area (Å²) >= 11 is 0. The molecule has 2 N–H and O–H groups in total. The Kier molecular flexibility index (Phi) is 5.68. The van der Waals surface area contributed by atoms with Gasteiger partial charge in [0.2, 0.25) is 0 Å². The van der Waals surface area contributed by atoms with Gasteiger partial charge in [-0.25, -0.2) is 4.79 Å². The lowest BCUT2D eigenvalue weighted by Gasteiger charge is -2.39. The minimum atomic E-state index is -0.861. The van der Waals surface area contributed by atoms with Gasteiger partial charge < -0.3 is 15.3 Å². The van der Waals surface area contributed by atoms with E-state index in [1.165, 1.54) is 58.0 Å². The van der Waals surface area contributed by atoms with Gasteiger partial charge in [0.05, 0.1) is 5.56 Å². The molecule has 4 nitrogen and oxygen atoms in total. The van der Waals surface area contributed by atoms with Gasteiger partial charge >= 0.3 is 5.97 Å². The predicted molar refractivity (Wildman–Crippen MR) is 91.7 cm³/mol. The van der Waals surface area contributed by atoms with Gasteiger partial charge in [-0.15, -0.1) is 0 Å². The van der Waals surface area contributed by atoms with E-state index >= 15 is 0 Å². The fraction of sp³-hybridized carbons (Fsp3) is 0.632. The number of carboxylic acids is 1. The normalized spacial score (nSPS) is 21.4. The second kappa shape index (κ2) is 7.93. The van der Waals surface area contributed by atoms with Gasteiger partial charge in [-0.05, 0) is 56.5 Å². The van der Waals surface area contributed by atoms with E-state index in [0.717, 1.165) is 18.2 Å². The number of rotatable bonds is 5. The van der Waals surface area contributed by atoms with Crippen molar-refractivity contribution in [2.45, 2.75) is 63.6 Å². The molecule has 0 unspecified atom stereocenters. The summed E-state index contributed by atoms with van der Waals surface area (Å²) in [6.07, 6.45) is 9.50. The Hall–Kier alpha value is -1.39. The van der Waals surface area contributed by atoms with Crippen LogP contribution in [0.3, 0.4) is 0 Å². The zero-order valence-corrected chi connectivity index (χ0v) is 13.8. The Bertz CT molecular complexity index is 501. The molecule has 2 aliphatic rings. The number of likely N-dealkylation sites (tertiary alicyclic amines) is 1. The summed E-state index contributed by atoms with van der Waals surface area (Å²) in [5.41, 5.74) is 1.51. The van der Waals surface area contributed by atoms with Crippen LogP contribution in [0.4, 0.5) is 0 Å². The maximum absolute atomic E-state index is 10.9. The number of aromatic carboxylic acids is 1. The largest absolute Gasteiger partial charge is 0.478 e. The van der Waals surface area contributed by atoms with Crippen molar-refractivity contribution < 1.29 is 9.90 Å². The number of hydrogen-bond acceptors (Lipinski definition) is 3. The minimum Gasteiger partial charge on any atom is -0.478 e. The van der Waals surface area contributed by atoms with Gasteiger partial charge in [-0.2, -0.15) is 0 Å². The third kappa shape index (κ3) is 4.55. The van der Waals surface area contributed by atoms with Gasteiger partial charge in [0.1, 0.15) is 0 Å². The first kappa shape index (κ1) is 16.5. The SMILES string of the molecule is O=C(O)c1ccc(CNC2CCN(C3CCCCC3)CC2)cc1. The van der Waals surface area contributed by atoms with E-state index in [4.69, 9.17) is 5.11 Å². The molecule has 0 bridgehead atoms. The molecule has 1 aliphatic carbocycles. The summed E-state index contributed by atoms with van der Waals surface area (Å²) < 4.78 is 0. The van der Waals surface area contributed by atoms with E-state index in [1.807, 2.05) is 12.1 Å². The number of nitrogens with one attached hydrogen (secondary N) is 1. The highest BCUT2D eigenvalue weighted by Crippen LogP contribution is 2.25. The summed E-state index contributed by atoms with van der Waals surface area (Å²) in [6, 6.07) is 8.62. The van der Waals surface area contributed by atoms with Crippen LogP contribution < -0.4 is 5.32 Å². The van der Waals surface area contributed by atoms with Gasteiger partial charge in [0.25, 0.3) is 0 Å². The average Bonchev–Trinajstić information content (AvgIpc) is 2.61. The lowest BCUT2D eigenvalue weighted by molar-refractivity contribution is 0.0697. The molecule has 1 saturated heterocycles. The molecule has 0 atom stereocenters. The van der Waals surface area contributed by atoms with Crippen molar-refractivity contribution in [1.29, 1.82) is 0 Å². The summed E-state index contributed by atoms with van der Waals surface area (Å²) in [5, 5.41) is 12.6. The van der Waals surface area contributed by atoms with Crippen molar-refractivity contribution in [2.24, 2.45) is 0 Å². The molecule has 3 rings (SSSR count). The summed E-state index contributed by atoms with van der Waals surface area (Å²) in [7, 11) is 0. The van der Waals surface area contributed by atoms with Gasteiger partial charge in [0, 0.05) is 18.6 Å². The van der Waals surface area contributed by atoms with Crippen molar-refractivity contribution in [3.8, 4) is 0 Å². The van der Waals surface area contributed by atoms with E-state index in [-0.39, 0.29) is 0 Å². The monoisotopic (exact) mass is 316 g/mol. The van der Waals surface area contributed by atoms with E-state index in [0.29, 0.717) is 11.6 Å². The third-order valence-electron chi connectivity index (χ3n) is 5.42. The molecule has 4 heteroatoms. The van der Waals surface area contributed by atoms with Crippen molar-refractivity contribution in [3.63, 3.8) is 0 Å². The molecule has 0 spiro atoms. The third-order valence-corrected chi connectivity index (χ3v) is 5.42. The van der Waals surface area contributed by atoms with Crippen LogP contribution in [0.25, 0.3) is 0 Å².